The van der Waals surface area contributed by atoms with Gasteiger partial charge in [0.15, 0.2) is 0 Å². The Labute approximate surface area is 105 Å². The number of likely N-dealkylation sites (N-methyl/N-ethyl adjacent to an activating group) is 1. The molecule has 0 aromatic rings. The molecule has 1 atom stereocenters. The number of carbonyl (C=O) groups excluding carboxylic acids is 1. The molecule has 1 amide bonds. The first-order chi connectivity index (χ1) is 8.19. The number of hydrogen-bond donors (Lipinski definition) is 2. The molecule has 0 aliphatic rings. The molecule has 0 radical (unpaired) electrons. The van der Waals surface area contributed by atoms with Gasteiger partial charge in [0.25, 0.3) is 0 Å². The van der Waals surface area contributed by atoms with Gasteiger partial charge < -0.3 is 15.8 Å². The summed E-state index contributed by atoms with van der Waals surface area (Å²) in [7, 11) is 0. The zero-order valence-corrected chi connectivity index (χ0v) is 11.4. The molecular formula is C12H27N3O2. The van der Waals surface area contributed by atoms with E-state index in [-0.39, 0.29) is 11.9 Å². The largest absolute Gasteiger partial charge is 0.380 e. The highest BCUT2D eigenvalue weighted by Gasteiger charge is 2.18. The maximum absolute atomic E-state index is 11.5. The van der Waals surface area contributed by atoms with Gasteiger partial charge in [-0.3, -0.25) is 9.69 Å². The highest BCUT2D eigenvalue weighted by atomic mass is 16.5. The van der Waals surface area contributed by atoms with Crippen molar-refractivity contribution in [1.29, 1.82) is 0 Å². The third kappa shape index (κ3) is 7.31. The minimum absolute atomic E-state index is 0.0674. The fraction of sp³-hybridized carbons (Fsp3) is 0.917. The Kier molecular flexibility index (Phi) is 10.1. The molecule has 0 aromatic heterocycles. The normalized spacial score (nSPS) is 12.8. The molecule has 5 heteroatoms. The molecule has 0 saturated carbocycles. The summed E-state index contributed by atoms with van der Waals surface area (Å²) in [6.45, 7) is 10.3. The number of nitrogens with two attached hydrogens (primary N) is 1. The van der Waals surface area contributed by atoms with Crippen LogP contribution in [0.5, 0.6) is 0 Å². The van der Waals surface area contributed by atoms with E-state index in [2.05, 4.69) is 17.1 Å². The number of rotatable bonds is 10. The van der Waals surface area contributed by atoms with Crippen molar-refractivity contribution in [2.45, 2.75) is 33.2 Å². The fourth-order valence-corrected chi connectivity index (χ4v) is 1.77. The van der Waals surface area contributed by atoms with Gasteiger partial charge in [0, 0.05) is 38.7 Å². The van der Waals surface area contributed by atoms with Crippen LogP contribution in [0.25, 0.3) is 0 Å². The molecule has 102 valence electrons. The molecule has 5 nitrogen and oxygen atoms in total. The molecule has 1 unspecified atom stereocenters. The van der Waals surface area contributed by atoms with Crippen molar-refractivity contribution < 1.29 is 9.53 Å². The van der Waals surface area contributed by atoms with Gasteiger partial charge in [0.05, 0.1) is 6.61 Å². The summed E-state index contributed by atoms with van der Waals surface area (Å²) in [5, 5.41) is 2.80. The number of carbonyl (C=O) groups is 1. The lowest BCUT2D eigenvalue weighted by Gasteiger charge is -2.29. The third-order valence-electron chi connectivity index (χ3n) is 2.72. The van der Waals surface area contributed by atoms with Gasteiger partial charge >= 0.3 is 0 Å². The van der Waals surface area contributed by atoms with Crippen molar-refractivity contribution in [2.75, 3.05) is 39.4 Å². The lowest BCUT2D eigenvalue weighted by Crippen LogP contribution is -2.45. The number of nitrogens with zero attached hydrogens (tertiary/aromatic N) is 1. The van der Waals surface area contributed by atoms with Crippen LogP contribution in [0.2, 0.25) is 0 Å². The van der Waals surface area contributed by atoms with Crippen LogP contribution in [0.4, 0.5) is 0 Å². The molecule has 0 aromatic carbocycles. The van der Waals surface area contributed by atoms with E-state index in [1.807, 2.05) is 13.8 Å². The van der Waals surface area contributed by atoms with Crippen LogP contribution in [0.15, 0.2) is 0 Å². The van der Waals surface area contributed by atoms with Gasteiger partial charge in [0.2, 0.25) is 5.91 Å². The van der Waals surface area contributed by atoms with Crippen molar-refractivity contribution in [3.8, 4) is 0 Å². The van der Waals surface area contributed by atoms with Crippen LogP contribution in [0.1, 0.15) is 27.2 Å². The average Bonchev–Trinajstić information content (AvgIpc) is 2.33. The monoisotopic (exact) mass is 245 g/mol. The van der Waals surface area contributed by atoms with Gasteiger partial charge in [-0.25, -0.2) is 0 Å². The van der Waals surface area contributed by atoms with Crippen LogP contribution >= 0.6 is 0 Å². The zero-order valence-electron chi connectivity index (χ0n) is 11.4. The number of amides is 1. The van der Waals surface area contributed by atoms with E-state index in [9.17, 15) is 4.79 Å². The molecule has 0 heterocycles. The standard InChI is InChI=1S/C12H27N3O2/c1-4-14-12(16)9-11(10-13)15(5-2)7-8-17-6-3/h11H,4-10,13H2,1-3H3,(H,14,16). The van der Waals surface area contributed by atoms with Crippen LogP contribution in [0, 0.1) is 0 Å². The maximum atomic E-state index is 11.5. The Hall–Kier alpha value is -0.650. The molecule has 0 aliphatic carbocycles. The van der Waals surface area contributed by atoms with Crippen molar-refractivity contribution in [2.24, 2.45) is 5.73 Å². The molecular weight excluding hydrogens is 218 g/mol. The summed E-state index contributed by atoms with van der Waals surface area (Å²) in [5.74, 6) is 0.0674. The second kappa shape index (κ2) is 10.5. The topological polar surface area (TPSA) is 67.6 Å². The molecule has 0 saturated heterocycles. The van der Waals surface area contributed by atoms with E-state index >= 15 is 0 Å². The number of nitrogens with one attached hydrogen (secondary N) is 1. The Balaban J connectivity index is 4.12. The SMILES string of the molecule is CCNC(=O)CC(CN)N(CC)CCOCC. The maximum Gasteiger partial charge on any atom is 0.221 e. The van der Waals surface area contributed by atoms with E-state index in [4.69, 9.17) is 10.5 Å². The van der Waals surface area contributed by atoms with Gasteiger partial charge in [-0.05, 0) is 20.4 Å². The second-order valence-corrected chi connectivity index (χ2v) is 3.87. The predicted molar refractivity (Wildman–Crippen MR) is 69.9 cm³/mol. The summed E-state index contributed by atoms with van der Waals surface area (Å²) < 4.78 is 5.33. The van der Waals surface area contributed by atoms with Gasteiger partial charge in [-0.1, -0.05) is 6.92 Å². The van der Waals surface area contributed by atoms with Crippen molar-refractivity contribution in [3.05, 3.63) is 0 Å². The summed E-state index contributed by atoms with van der Waals surface area (Å²) in [6.07, 6.45) is 0.463. The zero-order chi connectivity index (χ0) is 13.1. The van der Waals surface area contributed by atoms with Crippen LogP contribution < -0.4 is 11.1 Å². The highest BCUT2D eigenvalue weighted by molar-refractivity contribution is 5.76. The van der Waals surface area contributed by atoms with E-state index < -0.39 is 0 Å². The first-order valence-corrected chi connectivity index (χ1v) is 6.48. The van der Waals surface area contributed by atoms with Gasteiger partial charge in [0.1, 0.15) is 0 Å². The van der Waals surface area contributed by atoms with E-state index in [1.54, 1.807) is 0 Å². The molecule has 17 heavy (non-hydrogen) atoms. The van der Waals surface area contributed by atoms with E-state index in [0.29, 0.717) is 26.1 Å². The predicted octanol–water partition coefficient (Wildman–Crippen LogP) is 0.198. The Morgan fingerprint density at radius 3 is 2.59 bits per heavy atom. The summed E-state index contributed by atoms with van der Waals surface area (Å²) in [5.41, 5.74) is 5.74. The van der Waals surface area contributed by atoms with Crippen LogP contribution in [-0.2, 0) is 9.53 Å². The summed E-state index contributed by atoms with van der Waals surface area (Å²) in [4.78, 5) is 13.7. The molecule has 0 spiro atoms. The lowest BCUT2D eigenvalue weighted by molar-refractivity contribution is -0.122. The van der Waals surface area contributed by atoms with Crippen molar-refractivity contribution in [1.82, 2.24) is 10.2 Å². The van der Waals surface area contributed by atoms with Crippen molar-refractivity contribution >= 4 is 5.91 Å². The first kappa shape index (κ1) is 16.4. The minimum atomic E-state index is 0.0674. The Bertz CT molecular complexity index is 200. The Morgan fingerprint density at radius 2 is 2.12 bits per heavy atom. The van der Waals surface area contributed by atoms with Gasteiger partial charge in [-0.15, -0.1) is 0 Å². The summed E-state index contributed by atoms with van der Waals surface area (Å²) >= 11 is 0. The number of ether oxygens (including phenoxy) is 1. The second-order valence-electron chi connectivity index (χ2n) is 3.87. The third-order valence-corrected chi connectivity index (χ3v) is 2.72. The summed E-state index contributed by atoms with van der Waals surface area (Å²) in [6, 6.07) is 0.104. The number of hydrogen-bond acceptors (Lipinski definition) is 4. The van der Waals surface area contributed by atoms with Gasteiger partial charge in [-0.2, -0.15) is 0 Å². The molecule has 0 aliphatic heterocycles. The van der Waals surface area contributed by atoms with Crippen LogP contribution in [-0.4, -0.2) is 56.2 Å². The highest BCUT2D eigenvalue weighted by Crippen LogP contribution is 2.03. The van der Waals surface area contributed by atoms with Crippen molar-refractivity contribution in [3.63, 3.8) is 0 Å². The molecule has 0 rings (SSSR count). The van der Waals surface area contributed by atoms with Crippen LogP contribution in [0.3, 0.4) is 0 Å². The molecule has 3 N–H and O–H groups in total. The molecule has 0 fully saturated rings. The van der Waals surface area contributed by atoms with E-state index in [0.717, 1.165) is 19.7 Å². The smallest absolute Gasteiger partial charge is 0.221 e. The molecule has 0 bridgehead atoms. The average molecular weight is 245 g/mol. The quantitative estimate of drug-likeness (QED) is 0.540. The minimum Gasteiger partial charge on any atom is -0.380 e. The van der Waals surface area contributed by atoms with E-state index in [1.165, 1.54) is 0 Å². The lowest BCUT2D eigenvalue weighted by atomic mass is 10.1. The first-order valence-electron chi connectivity index (χ1n) is 6.48. The Morgan fingerprint density at radius 1 is 1.41 bits per heavy atom. The fourth-order valence-electron chi connectivity index (χ4n) is 1.77.